The first kappa shape index (κ1) is 17.5. The van der Waals surface area contributed by atoms with Crippen LogP contribution in [0.3, 0.4) is 0 Å². The summed E-state index contributed by atoms with van der Waals surface area (Å²) in [7, 11) is 0. The number of pyridine rings is 1. The number of anilines is 1. The maximum Gasteiger partial charge on any atom is 0.315 e. The summed E-state index contributed by atoms with van der Waals surface area (Å²) in [5.74, 6) is 1.00. The van der Waals surface area contributed by atoms with Gasteiger partial charge in [-0.1, -0.05) is 12.8 Å². The highest BCUT2D eigenvalue weighted by atomic mass is 16.3. The van der Waals surface area contributed by atoms with Crippen molar-refractivity contribution in [3.63, 3.8) is 0 Å². The first-order valence-corrected chi connectivity index (χ1v) is 8.55. The van der Waals surface area contributed by atoms with E-state index in [2.05, 4.69) is 26.6 Å². The van der Waals surface area contributed by atoms with Crippen LogP contribution in [0, 0.1) is 0 Å². The van der Waals surface area contributed by atoms with E-state index in [1.54, 1.807) is 6.92 Å². The molecule has 0 bridgehead atoms. The summed E-state index contributed by atoms with van der Waals surface area (Å²) in [6.07, 6.45) is 7.00. The third-order valence-corrected chi connectivity index (χ3v) is 4.04. The normalized spacial score (nSPS) is 16.5. The second-order valence-corrected chi connectivity index (χ2v) is 6.17. The fourth-order valence-electron chi connectivity index (χ4n) is 2.68. The predicted octanol–water partition coefficient (Wildman–Crippen LogP) is 2.03. The van der Waals surface area contributed by atoms with Crippen molar-refractivity contribution in [2.45, 2.75) is 51.7 Å². The lowest BCUT2D eigenvalue weighted by Crippen LogP contribution is -2.36. The largest absolute Gasteiger partial charge is 0.393 e. The Morgan fingerprint density at radius 2 is 2.04 bits per heavy atom. The van der Waals surface area contributed by atoms with Crippen molar-refractivity contribution in [3.05, 3.63) is 23.9 Å². The summed E-state index contributed by atoms with van der Waals surface area (Å²) >= 11 is 0. The summed E-state index contributed by atoms with van der Waals surface area (Å²) in [6.45, 7) is 4.77. The Kier molecular flexibility index (Phi) is 7.13. The van der Waals surface area contributed by atoms with Gasteiger partial charge in [0.05, 0.1) is 6.10 Å². The minimum atomic E-state index is -0.397. The van der Waals surface area contributed by atoms with Crippen LogP contribution in [0.2, 0.25) is 0 Å². The Morgan fingerprint density at radius 1 is 1.30 bits per heavy atom. The van der Waals surface area contributed by atoms with Crippen LogP contribution in [0.15, 0.2) is 18.3 Å². The molecule has 0 radical (unpaired) electrons. The molecule has 1 atom stereocenters. The van der Waals surface area contributed by atoms with Gasteiger partial charge in [-0.05, 0) is 43.9 Å². The topological polar surface area (TPSA) is 77.5 Å². The number of urea groups is 1. The number of hydrogen-bond donors (Lipinski definition) is 3. The van der Waals surface area contributed by atoms with E-state index in [-0.39, 0.29) is 6.03 Å². The number of aromatic nitrogens is 1. The summed E-state index contributed by atoms with van der Waals surface area (Å²) in [5, 5.41) is 14.7. The van der Waals surface area contributed by atoms with E-state index < -0.39 is 6.10 Å². The zero-order chi connectivity index (χ0) is 16.5. The lowest BCUT2D eigenvalue weighted by molar-refractivity contribution is 0.183. The van der Waals surface area contributed by atoms with Crippen molar-refractivity contribution in [2.24, 2.45) is 0 Å². The van der Waals surface area contributed by atoms with E-state index >= 15 is 0 Å². The standard InChI is InChI=1S/C17H28N4O2/c1-14(22)6-8-19-17(23)20-13-15-7-9-18-16(12-15)21-10-4-2-3-5-11-21/h7,9,12,14,22H,2-6,8,10-11,13H2,1H3,(H2,19,20,23). The van der Waals surface area contributed by atoms with Gasteiger partial charge in [-0.15, -0.1) is 0 Å². The van der Waals surface area contributed by atoms with Crippen molar-refractivity contribution in [2.75, 3.05) is 24.5 Å². The Balaban J connectivity index is 1.81. The monoisotopic (exact) mass is 320 g/mol. The summed E-state index contributed by atoms with van der Waals surface area (Å²) in [6, 6.07) is 3.78. The Bertz CT molecular complexity index is 485. The number of hydrogen-bond acceptors (Lipinski definition) is 4. The number of amides is 2. The summed E-state index contributed by atoms with van der Waals surface area (Å²) in [4.78, 5) is 18.5. The molecule has 0 aliphatic carbocycles. The second-order valence-electron chi connectivity index (χ2n) is 6.17. The van der Waals surface area contributed by atoms with E-state index in [4.69, 9.17) is 5.11 Å². The van der Waals surface area contributed by atoms with Crippen LogP contribution >= 0.6 is 0 Å². The lowest BCUT2D eigenvalue weighted by atomic mass is 10.2. The molecular weight excluding hydrogens is 292 g/mol. The van der Waals surface area contributed by atoms with Crippen LogP contribution in [0.5, 0.6) is 0 Å². The van der Waals surface area contributed by atoms with Gasteiger partial charge in [0, 0.05) is 32.4 Å². The molecule has 1 saturated heterocycles. The van der Waals surface area contributed by atoms with E-state index in [1.165, 1.54) is 25.7 Å². The average molecular weight is 320 g/mol. The summed E-state index contributed by atoms with van der Waals surface area (Å²) < 4.78 is 0. The first-order chi connectivity index (χ1) is 11.1. The molecule has 0 saturated carbocycles. The number of rotatable bonds is 6. The molecule has 0 aromatic carbocycles. The van der Waals surface area contributed by atoms with Crippen LogP contribution in [0.1, 0.15) is 44.6 Å². The van der Waals surface area contributed by atoms with Gasteiger partial charge in [-0.3, -0.25) is 0 Å². The molecule has 2 heterocycles. The Morgan fingerprint density at radius 3 is 2.74 bits per heavy atom. The van der Waals surface area contributed by atoms with E-state index in [9.17, 15) is 4.79 Å². The molecule has 23 heavy (non-hydrogen) atoms. The van der Waals surface area contributed by atoms with Crippen LogP contribution < -0.4 is 15.5 Å². The predicted molar refractivity (Wildman–Crippen MR) is 91.5 cm³/mol. The Hall–Kier alpha value is -1.82. The molecule has 1 fully saturated rings. The maximum atomic E-state index is 11.7. The minimum absolute atomic E-state index is 0.209. The van der Waals surface area contributed by atoms with Crippen LogP contribution in [0.4, 0.5) is 10.6 Å². The molecule has 6 heteroatoms. The van der Waals surface area contributed by atoms with Crippen LogP contribution in [-0.2, 0) is 6.54 Å². The number of carbonyl (C=O) groups is 1. The van der Waals surface area contributed by atoms with Gasteiger partial charge in [0.25, 0.3) is 0 Å². The third kappa shape index (κ3) is 6.44. The molecule has 6 nitrogen and oxygen atoms in total. The molecule has 1 unspecified atom stereocenters. The van der Waals surface area contributed by atoms with Gasteiger partial charge in [-0.25, -0.2) is 9.78 Å². The fourth-order valence-corrected chi connectivity index (χ4v) is 2.68. The quantitative estimate of drug-likeness (QED) is 0.749. The molecule has 128 valence electrons. The number of carbonyl (C=O) groups excluding carboxylic acids is 1. The number of nitrogens with zero attached hydrogens (tertiary/aromatic N) is 2. The van der Waals surface area contributed by atoms with Gasteiger partial charge in [-0.2, -0.15) is 0 Å². The maximum absolute atomic E-state index is 11.7. The smallest absolute Gasteiger partial charge is 0.315 e. The highest BCUT2D eigenvalue weighted by molar-refractivity contribution is 5.73. The number of aliphatic hydroxyl groups excluding tert-OH is 1. The van der Waals surface area contributed by atoms with Crippen LogP contribution in [0.25, 0.3) is 0 Å². The van der Waals surface area contributed by atoms with Crippen molar-refractivity contribution in [1.82, 2.24) is 15.6 Å². The van der Waals surface area contributed by atoms with Crippen molar-refractivity contribution < 1.29 is 9.90 Å². The zero-order valence-electron chi connectivity index (χ0n) is 13.9. The molecule has 2 amide bonds. The van der Waals surface area contributed by atoms with Gasteiger partial charge < -0.3 is 20.6 Å². The van der Waals surface area contributed by atoms with E-state index in [0.717, 1.165) is 24.5 Å². The Labute approximate surface area is 138 Å². The van der Waals surface area contributed by atoms with Gasteiger partial charge in [0.1, 0.15) is 5.82 Å². The van der Waals surface area contributed by atoms with Crippen molar-refractivity contribution in [3.8, 4) is 0 Å². The molecule has 1 aromatic heterocycles. The van der Waals surface area contributed by atoms with Crippen molar-refractivity contribution >= 4 is 11.8 Å². The van der Waals surface area contributed by atoms with Crippen molar-refractivity contribution in [1.29, 1.82) is 0 Å². The van der Waals surface area contributed by atoms with Crippen LogP contribution in [-0.4, -0.2) is 41.9 Å². The van der Waals surface area contributed by atoms with Gasteiger partial charge in [0.2, 0.25) is 0 Å². The summed E-state index contributed by atoms with van der Waals surface area (Å²) in [5.41, 5.74) is 1.05. The average Bonchev–Trinajstić information content (AvgIpc) is 2.82. The molecule has 3 N–H and O–H groups in total. The minimum Gasteiger partial charge on any atom is -0.393 e. The van der Waals surface area contributed by atoms with Gasteiger partial charge >= 0.3 is 6.03 Å². The molecule has 0 spiro atoms. The number of aliphatic hydroxyl groups is 1. The van der Waals surface area contributed by atoms with E-state index in [0.29, 0.717) is 19.5 Å². The highest BCUT2D eigenvalue weighted by Crippen LogP contribution is 2.18. The lowest BCUT2D eigenvalue weighted by Gasteiger charge is -2.21. The fraction of sp³-hybridized carbons (Fsp3) is 0.647. The third-order valence-electron chi connectivity index (χ3n) is 4.04. The molecule has 2 rings (SSSR count). The number of nitrogens with one attached hydrogen (secondary N) is 2. The molecule has 1 aliphatic heterocycles. The zero-order valence-corrected chi connectivity index (χ0v) is 13.9. The molecule has 1 aromatic rings. The van der Waals surface area contributed by atoms with E-state index in [1.807, 2.05) is 12.3 Å². The SMILES string of the molecule is CC(O)CCNC(=O)NCc1ccnc(N2CCCCCC2)c1. The second kappa shape index (κ2) is 9.35. The highest BCUT2D eigenvalue weighted by Gasteiger charge is 2.11. The first-order valence-electron chi connectivity index (χ1n) is 8.55. The van der Waals surface area contributed by atoms with Gasteiger partial charge in [0.15, 0.2) is 0 Å². The molecule has 1 aliphatic rings. The molecular formula is C17H28N4O2.